The van der Waals surface area contributed by atoms with Crippen molar-refractivity contribution in [2.24, 2.45) is 9.98 Å². The lowest BCUT2D eigenvalue weighted by Gasteiger charge is -2.10. The molecule has 6 heteroatoms. The molecule has 0 saturated heterocycles. The van der Waals surface area contributed by atoms with Gasteiger partial charge in [0, 0.05) is 80.4 Å². The highest BCUT2D eigenvalue weighted by Gasteiger charge is 2.18. The van der Waals surface area contributed by atoms with E-state index in [9.17, 15) is 10.2 Å². The minimum Gasteiger partial charge on any atom is -0.507 e. The van der Waals surface area contributed by atoms with Gasteiger partial charge >= 0.3 is 0 Å². The van der Waals surface area contributed by atoms with E-state index in [1.807, 2.05) is 38.1 Å². The average molecular weight is 635 g/mol. The van der Waals surface area contributed by atoms with Crippen LogP contribution in [0.2, 0.25) is 0 Å². The first-order chi connectivity index (χ1) is 23.4. The van der Waals surface area contributed by atoms with E-state index in [-0.39, 0.29) is 11.5 Å². The highest BCUT2D eigenvalue weighted by atomic mass is 16.3. The smallest absolute Gasteiger partial charge is 0.128 e. The molecule has 0 saturated carbocycles. The van der Waals surface area contributed by atoms with E-state index >= 15 is 0 Å². The lowest BCUT2D eigenvalue weighted by atomic mass is 10.0. The van der Waals surface area contributed by atoms with Crippen LogP contribution >= 0.6 is 0 Å². The van der Waals surface area contributed by atoms with Crippen molar-refractivity contribution in [2.45, 2.75) is 66.5 Å². The fraction of sp³-hybridized carbons (Fsp3) is 0.238. The SMILES string of the molecule is CCCCn1c2ccccc2c2c(C)c(O)c(C=Nc3ccccc3N=Cc3cc4c(c(C)c3O)c3ccccc3n4CCCC)cc21. The van der Waals surface area contributed by atoms with Crippen molar-refractivity contribution in [3.63, 3.8) is 0 Å². The highest BCUT2D eigenvalue weighted by molar-refractivity contribution is 6.13. The second kappa shape index (κ2) is 13.0. The summed E-state index contributed by atoms with van der Waals surface area (Å²) in [6.07, 6.45) is 7.82. The molecule has 0 spiro atoms. The molecular formula is C42H42N4O2. The van der Waals surface area contributed by atoms with Gasteiger partial charge in [0.05, 0.1) is 22.4 Å². The summed E-state index contributed by atoms with van der Waals surface area (Å²) >= 11 is 0. The van der Waals surface area contributed by atoms with Crippen LogP contribution in [0.15, 0.2) is 94.9 Å². The van der Waals surface area contributed by atoms with E-state index in [2.05, 4.69) is 83.6 Å². The Kier molecular flexibility index (Phi) is 8.49. The number of phenolic OH excluding ortho intramolecular Hbond substituents is 2. The van der Waals surface area contributed by atoms with Crippen LogP contribution in [0.25, 0.3) is 43.6 Å². The minimum atomic E-state index is 0.234. The van der Waals surface area contributed by atoms with Crippen molar-refractivity contribution in [3.8, 4) is 11.5 Å². The third-order valence-electron chi connectivity index (χ3n) is 9.65. The maximum Gasteiger partial charge on any atom is 0.128 e. The van der Waals surface area contributed by atoms with Crippen LogP contribution in [0.4, 0.5) is 11.4 Å². The summed E-state index contributed by atoms with van der Waals surface area (Å²) < 4.78 is 4.73. The van der Waals surface area contributed by atoms with E-state index < -0.39 is 0 Å². The molecule has 0 bridgehead atoms. The normalized spacial score (nSPS) is 12.2. The lowest BCUT2D eigenvalue weighted by Crippen LogP contribution is -1.98. The van der Waals surface area contributed by atoms with Gasteiger partial charge in [0.2, 0.25) is 0 Å². The molecule has 0 amide bonds. The van der Waals surface area contributed by atoms with Gasteiger partial charge in [-0.1, -0.05) is 75.2 Å². The monoisotopic (exact) mass is 634 g/mol. The average Bonchev–Trinajstić information content (AvgIpc) is 3.60. The first-order valence-corrected chi connectivity index (χ1v) is 17.1. The van der Waals surface area contributed by atoms with Crippen molar-refractivity contribution in [1.82, 2.24) is 9.13 Å². The van der Waals surface area contributed by atoms with Gasteiger partial charge in [-0.15, -0.1) is 0 Å². The molecule has 6 nitrogen and oxygen atoms in total. The summed E-state index contributed by atoms with van der Waals surface area (Å²) in [5.41, 5.74) is 8.94. The first-order valence-electron chi connectivity index (χ1n) is 17.1. The third kappa shape index (κ3) is 5.31. The number of benzene rings is 5. The molecule has 0 fully saturated rings. The van der Waals surface area contributed by atoms with Crippen LogP contribution in [0.5, 0.6) is 11.5 Å². The summed E-state index contributed by atoms with van der Waals surface area (Å²) in [6, 6.07) is 28.7. The Bertz CT molecular complexity index is 2210. The fourth-order valence-electron chi connectivity index (χ4n) is 7.11. The Morgan fingerprint density at radius 1 is 0.562 bits per heavy atom. The zero-order valence-corrected chi connectivity index (χ0v) is 28.2. The Morgan fingerprint density at radius 3 is 1.38 bits per heavy atom. The number of rotatable bonds is 10. The predicted molar refractivity (Wildman–Crippen MR) is 202 cm³/mol. The minimum absolute atomic E-state index is 0.234. The van der Waals surface area contributed by atoms with Crippen molar-refractivity contribution in [3.05, 3.63) is 107 Å². The molecule has 0 unspecified atom stereocenters. The topological polar surface area (TPSA) is 75.0 Å². The Balaban J connectivity index is 1.28. The summed E-state index contributed by atoms with van der Waals surface area (Å²) in [6.45, 7) is 10.2. The van der Waals surface area contributed by atoms with Gasteiger partial charge in [-0.2, -0.15) is 0 Å². The Hall–Kier alpha value is -5.36. The van der Waals surface area contributed by atoms with Crippen molar-refractivity contribution < 1.29 is 10.2 Å². The van der Waals surface area contributed by atoms with E-state index in [4.69, 9.17) is 9.98 Å². The molecule has 0 aliphatic heterocycles. The van der Waals surface area contributed by atoms with Crippen molar-refractivity contribution in [1.29, 1.82) is 0 Å². The molecule has 0 atom stereocenters. The molecule has 7 rings (SSSR count). The second-order valence-electron chi connectivity index (χ2n) is 12.7. The molecule has 0 aliphatic rings. The number of fused-ring (bicyclic) bond motifs is 6. The van der Waals surface area contributed by atoms with Gasteiger partial charge in [-0.3, -0.25) is 9.98 Å². The molecule has 5 aromatic carbocycles. The number of aromatic hydroxyl groups is 2. The summed E-state index contributed by atoms with van der Waals surface area (Å²) in [4.78, 5) is 9.67. The van der Waals surface area contributed by atoms with Gasteiger partial charge in [-0.25, -0.2) is 0 Å². The summed E-state index contributed by atoms with van der Waals surface area (Å²) in [7, 11) is 0. The number of aliphatic imine (C=N–C) groups is 2. The summed E-state index contributed by atoms with van der Waals surface area (Å²) in [5, 5.41) is 27.2. The highest BCUT2D eigenvalue weighted by Crippen LogP contribution is 2.39. The fourth-order valence-corrected chi connectivity index (χ4v) is 7.11. The van der Waals surface area contributed by atoms with E-state index in [0.717, 1.165) is 82.5 Å². The molecular weight excluding hydrogens is 592 g/mol. The molecule has 242 valence electrons. The van der Waals surface area contributed by atoms with Crippen LogP contribution < -0.4 is 0 Å². The molecule has 0 radical (unpaired) electrons. The molecule has 7 aromatic rings. The number of hydrogen-bond donors (Lipinski definition) is 2. The second-order valence-corrected chi connectivity index (χ2v) is 12.7. The number of nitrogens with zero attached hydrogens (tertiary/aromatic N) is 4. The first kappa shape index (κ1) is 31.3. The van der Waals surface area contributed by atoms with Crippen LogP contribution in [0, 0.1) is 13.8 Å². The number of unbranched alkanes of at least 4 members (excludes halogenated alkanes) is 2. The van der Waals surface area contributed by atoms with E-state index in [0.29, 0.717) is 22.5 Å². The van der Waals surface area contributed by atoms with Crippen LogP contribution in [-0.4, -0.2) is 31.8 Å². The van der Waals surface area contributed by atoms with Gasteiger partial charge in [0.1, 0.15) is 11.5 Å². The zero-order valence-electron chi connectivity index (χ0n) is 28.2. The number of aromatic nitrogens is 2. The quantitative estimate of drug-likeness (QED) is 0.147. The summed E-state index contributed by atoms with van der Waals surface area (Å²) in [5.74, 6) is 0.468. The number of para-hydroxylation sites is 4. The maximum absolute atomic E-state index is 11.4. The number of hydrogen-bond acceptors (Lipinski definition) is 4. The standard InChI is InChI=1S/C42H42N4O2/c1-5-7-21-45-35-19-13-9-15-31(35)39-27(3)41(47)29(23-37(39)45)25-43-33-17-11-12-18-34(33)44-26-30-24-38-40(28(4)42(30)48)32-16-10-14-20-36(32)46(38)22-8-6-2/h9-20,23-26,47-48H,5-8,21-22H2,1-4H3. The maximum atomic E-state index is 11.4. The number of aryl methyl sites for hydroxylation is 4. The molecule has 2 heterocycles. The van der Waals surface area contributed by atoms with Crippen LogP contribution in [0.1, 0.15) is 61.8 Å². The van der Waals surface area contributed by atoms with Crippen LogP contribution in [-0.2, 0) is 13.1 Å². The third-order valence-corrected chi connectivity index (χ3v) is 9.65. The predicted octanol–water partition coefficient (Wildman–Crippen LogP) is 11.0. The van der Waals surface area contributed by atoms with Gasteiger partial charge in [-0.05, 0) is 63.1 Å². The van der Waals surface area contributed by atoms with Gasteiger partial charge in [0.15, 0.2) is 0 Å². The largest absolute Gasteiger partial charge is 0.507 e. The Labute approximate surface area is 281 Å². The Morgan fingerprint density at radius 2 is 0.958 bits per heavy atom. The van der Waals surface area contributed by atoms with Gasteiger partial charge in [0.25, 0.3) is 0 Å². The zero-order chi connectivity index (χ0) is 33.4. The molecule has 0 aliphatic carbocycles. The van der Waals surface area contributed by atoms with E-state index in [1.54, 1.807) is 12.4 Å². The van der Waals surface area contributed by atoms with E-state index in [1.165, 1.54) is 11.0 Å². The molecule has 2 aromatic heterocycles. The lowest BCUT2D eigenvalue weighted by molar-refractivity contribution is 0.471. The van der Waals surface area contributed by atoms with Crippen molar-refractivity contribution >= 4 is 67.4 Å². The van der Waals surface area contributed by atoms with Crippen molar-refractivity contribution in [2.75, 3.05) is 0 Å². The van der Waals surface area contributed by atoms with Gasteiger partial charge < -0.3 is 19.3 Å². The van der Waals surface area contributed by atoms with Crippen LogP contribution in [0.3, 0.4) is 0 Å². The molecule has 2 N–H and O–H groups in total. The number of phenols is 2. The molecule has 48 heavy (non-hydrogen) atoms.